The highest BCUT2D eigenvalue weighted by atomic mass is 16.4. The van der Waals surface area contributed by atoms with Crippen molar-refractivity contribution in [3.05, 3.63) is 0 Å². The van der Waals surface area contributed by atoms with Crippen LogP contribution in [0, 0.1) is 5.41 Å². The summed E-state index contributed by atoms with van der Waals surface area (Å²) in [5.41, 5.74) is -0.476. The van der Waals surface area contributed by atoms with Gasteiger partial charge in [-0.05, 0) is 45.6 Å². The first-order valence-corrected chi connectivity index (χ1v) is 7.79. The zero-order valence-electron chi connectivity index (χ0n) is 12.1. The monoisotopic (exact) mass is 266 g/mol. The molecule has 0 amide bonds. The molecule has 1 saturated carbocycles. The van der Waals surface area contributed by atoms with Crippen molar-refractivity contribution in [3.8, 4) is 0 Å². The van der Waals surface area contributed by atoms with Crippen LogP contribution in [-0.4, -0.2) is 58.6 Å². The Kier molecular flexibility index (Phi) is 3.34. The second kappa shape index (κ2) is 4.74. The number of carbonyl (C=O) groups is 1. The van der Waals surface area contributed by atoms with E-state index in [4.69, 9.17) is 0 Å². The van der Waals surface area contributed by atoms with Gasteiger partial charge in [-0.15, -0.1) is 0 Å². The highest BCUT2D eigenvalue weighted by Crippen LogP contribution is 2.39. The molecule has 2 heterocycles. The highest BCUT2D eigenvalue weighted by molar-refractivity contribution is 5.75. The molecule has 4 nitrogen and oxygen atoms in total. The van der Waals surface area contributed by atoms with Gasteiger partial charge >= 0.3 is 5.97 Å². The van der Waals surface area contributed by atoms with E-state index in [-0.39, 0.29) is 0 Å². The lowest BCUT2D eigenvalue weighted by molar-refractivity contribution is -0.148. The van der Waals surface area contributed by atoms with Crippen molar-refractivity contribution in [3.63, 3.8) is 0 Å². The van der Waals surface area contributed by atoms with Crippen molar-refractivity contribution in [1.29, 1.82) is 0 Å². The minimum absolute atomic E-state index is 0.476. The number of carboxylic acids is 1. The number of nitrogens with zero attached hydrogens (tertiary/aromatic N) is 2. The zero-order valence-corrected chi connectivity index (χ0v) is 12.1. The Morgan fingerprint density at radius 2 is 2.11 bits per heavy atom. The molecule has 108 valence electrons. The van der Waals surface area contributed by atoms with Gasteiger partial charge in [0.25, 0.3) is 0 Å². The lowest BCUT2D eigenvalue weighted by Gasteiger charge is -2.27. The van der Waals surface area contributed by atoms with E-state index in [2.05, 4.69) is 16.7 Å². The molecule has 1 N–H and O–H groups in total. The number of carboxylic acid groups (broad SMARTS) is 1. The Hall–Kier alpha value is -0.610. The number of rotatable bonds is 4. The maximum atomic E-state index is 11.5. The lowest BCUT2D eigenvalue weighted by atomic mass is 9.84. The maximum Gasteiger partial charge on any atom is 0.310 e. The molecule has 0 aromatic carbocycles. The fraction of sp³-hybridized carbons (Fsp3) is 0.933. The quantitative estimate of drug-likeness (QED) is 0.842. The van der Waals surface area contributed by atoms with Gasteiger partial charge in [0.05, 0.1) is 5.41 Å². The summed E-state index contributed by atoms with van der Waals surface area (Å²) in [6.07, 6.45) is 5.53. The van der Waals surface area contributed by atoms with E-state index in [1.807, 2.05) is 6.92 Å². The Morgan fingerprint density at radius 1 is 1.37 bits per heavy atom. The Balaban J connectivity index is 1.64. The first-order chi connectivity index (χ1) is 9.05. The van der Waals surface area contributed by atoms with Crippen LogP contribution in [0.4, 0.5) is 0 Å². The van der Waals surface area contributed by atoms with E-state index in [1.165, 1.54) is 19.3 Å². The van der Waals surface area contributed by atoms with E-state index in [0.717, 1.165) is 38.5 Å². The fourth-order valence-corrected chi connectivity index (χ4v) is 4.04. The molecule has 0 aromatic rings. The van der Waals surface area contributed by atoms with Gasteiger partial charge in [-0.25, -0.2) is 0 Å². The molecular formula is C15H26N2O2. The van der Waals surface area contributed by atoms with Gasteiger partial charge in [0.15, 0.2) is 0 Å². The minimum atomic E-state index is -0.595. The Labute approximate surface area is 115 Å². The normalized spacial score (nSPS) is 40.9. The molecule has 0 radical (unpaired) electrons. The minimum Gasteiger partial charge on any atom is -0.481 e. The van der Waals surface area contributed by atoms with E-state index < -0.39 is 11.4 Å². The summed E-state index contributed by atoms with van der Waals surface area (Å²) in [6.45, 7) is 7.24. The molecule has 1 aliphatic carbocycles. The van der Waals surface area contributed by atoms with Crippen LogP contribution in [-0.2, 0) is 4.79 Å². The highest BCUT2D eigenvalue weighted by Gasteiger charge is 2.48. The van der Waals surface area contributed by atoms with E-state index in [0.29, 0.717) is 12.1 Å². The SMILES string of the molecule is CCC1(C(=O)O)CCN(C2CC(C)N(C3CC3)C2)C1. The fourth-order valence-electron chi connectivity index (χ4n) is 4.04. The summed E-state index contributed by atoms with van der Waals surface area (Å²) in [4.78, 5) is 16.6. The van der Waals surface area contributed by atoms with Crippen molar-refractivity contribution in [2.45, 2.75) is 64.1 Å². The zero-order chi connectivity index (χ0) is 13.6. The molecule has 19 heavy (non-hydrogen) atoms. The first-order valence-electron chi connectivity index (χ1n) is 7.79. The van der Waals surface area contributed by atoms with Gasteiger partial charge in [-0.2, -0.15) is 0 Å². The van der Waals surface area contributed by atoms with E-state index in [9.17, 15) is 9.90 Å². The molecule has 4 heteroatoms. The molecule has 3 atom stereocenters. The van der Waals surface area contributed by atoms with Crippen LogP contribution >= 0.6 is 0 Å². The van der Waals surface area contributed by atoms with E-state index in [1.54, 1.807) is 0 Å². The van der Waals surface area contributed by atoms with Crippen molar-refractivity contribution in [2.24, 2.45) is 5.41 Å². The van der Waals surface area contributed by atoms with E-state index >= 15 is 0 Å². The van der Waals surface area contributed by atoms with Crippen LogP contribution in [0.2, 0.25) is 0 Å². The Bertz CT molecular complexity index is 369. The van der Waals surface area contributed by atoms with Crippen molar-refractivity contribution in [2.75, 3.05) is 19.6 Å². The predicted octanol–water partition coefficient (Wildman–Crippen LogP) is 1.80. The van der Waals surface area contributed by atoms with Gasteiger partial charge in [-0.3, -0.25) is 14.6 Å². The molecule has 0 spiro atoms. The van der Waals surface area contributed by atoms with Gasteiger partial charge < -0.3 is 5.11 Å². The third-order valence-corrected chi connectivity index (χ3v) is 5.65. The van der Waals surface area contributed by atoms with Crippen LogP contribution in [0.3, 0.4) is 0 Å². The first kappa shape index (κ1) is 13.4. The molecule has 3 rings (SSSR count). The topological polar surface area (TPSA) is 43.8 Å². The smallest absolute Gasteiger partial charge is 0.310 e. The molecule has 3 aliphatic rings. The van der Waals surface area contributed by atoms with Crippen LogP contribution < -0.4 is 0 Å². The van der Waals surface area contributed by atoms with Gasteiger partial charge in [0.1, 0.15) is 0 Å². The maximum absolute atomic E-state index is 11.5. The summed E-state index contributed by atoms with van der Waals surface area (Å²) in [5.74, 6) is -0.595. The predicted molar refractivity (Wildman–Crippen MR) is 74.1 cm³/mol. The standard InChI is InChI=1S/C15H26N2O2/c1-3-15(14(18)19)6-7-16(10-15)13-8-11(2)17(9-13)12-4-5-12/h11-13H,3-10H2,1-2H3,(H,18,19). The second-order valence-electron chi connectivity index (χ2n) is 6.83. The van der Waals surface area contributed by atoms with Gasteiger partial charge in [0, 0.05) is 31.2 Å². The average molecular weight is 266 g/mol. The van der Waals surface area contributed by atoms with Crippen molar-refractivity contribution >= 4 is 5.97 Å². The molecular weight excluding hydrogens is 240 g/mol. The lowest BCUT2D eigenvalue weighted by Crippen LogP contribution is -2.40. The largest absolute Gasteiger partial charge is 0.481 e. The van der Waals surface area contributed by atoms with Gasteiger partial charge in [-0.1, -0.05) is 6.92 Å². The second-order valence-corrected chi connectivity index (χ2v) is 6.83. The van der Waals surface area contributed by atoms with Crippen LogP contribution in [0.15, 0.2) is 0 Å². The molecule has 0 bridgehead atoms. The molecule has 2 saturated heterocycles. The van der Waals surface area contributed by atoms with Crippen LogP contribution in [0.25, 0.3) is 0 Å². The van der Waals surface area contributed by atoms with Crippen molar-refractivity contribution in [1.82, 2.24) is 9.80 Å². The van der Waals surface area contributed by atoms with Crippen LogP contribution in [0.5, 0.6) is 0 Å². The number of hydrogen-bond donors (Lipinski definition) is 1. The summed E-state index contributed by atoms with van der Waals surface area (Å²) < 4.78 is 0. The molecule has 3 unspecified atom stereocenters. The third-order valence-electron chi connectivity index (χ3n) is 5.65. The Morgan fingerprint density at radius 3 is 2.63 bits per heavy atom. The molecule has 0 aromatic heterocycles. The summed E-state index contributed by atoms with van der Waals surface area (Å²) >= 11 is 0. The van der Waals surface area contributed by atoms with Crippen LogP contribution in [0.1, 0.15) is 46.0 Å². The van der Waals surface area contributed by atoms with Crippen molar-refractivity contribution < 1.29 is 9.90 Å². The molecule has 3 fully saturated rings. The number of hydrogen-bond acceptors (Lipinski definition) is 3. The summed E-state index contributed by atoms with van der Waals surface area (Å²) in [5, 5.41) is 9.49. The number of aliphatic carboxylic acids is 1. The van der Waals surface area contributed by atoms with Gasteiger partial charge in [0.2, 0.25) is 0 Å². The number of likely N-dealkylation sites (tertiary alicyclic amines) is 2. The molecule has 2 aliphatic heterocycles. The summed E-state index contributed by atoms with van der Waals surface area (Å²) in [6, 6.07) is 2.10. The third kappa shape index (κ3) is 2.29. The summed E-state index contributed by atoms with van der Waals surface area (Å²) in [7, 11) is 0. The average Bonchev–Trinajstić information content (AvgIpc) is 3.00.